The van der Waals surface area contributed by atoms with Crippen molar-refractivity contribution in [1.82, 2.24) is 4.98 Å². The summed E-state index contributed by atoms with van der Waals surface area (Å²) in [4.78, 5) is 17.0. The normalized spacial score (nSPS) is 19.2. The molecular weight excluding hydrogens is 707 g/mol. The van der Waals surface area contributed by atoms with Crippen LogP contribution in [0.2, 0.25) is 0 Å². The van der Waals surface area contributed by atoms with E-state index >= 15 is 0 Å². The summed E-state index contributed by atoms with van der Waals surface area (Å²) in [5.41, 5.74) is 7.80. The van der Waals surface area contributed by atoms with Crippen LogP contribution in [0.4, 0.5) is 0 Å². The minimum absolute atomic E-state index is 0. The van der Waals surface area contributed by atoms with E-state index in [1.54, 1.807) is 6.08 Å². The Morgan fingerprint density at radius 1 is 0.907 bits per heavy atom. The molecule has 6 rings (SSSR count). The summed E-state index contributed by atoms with van der Waals surface area (Å²) in [6, 6.07) is 14.2. The first-order valence-corrected chi connectivity index (χ1v) is 15.5. The minimum Gasteiger partial charge on any atom is -0.512 e. The molecule has 3 nitrogen and oxygen atoms in total. The van der Waals surface area contributed by atoms with Gasteiger partial charge in [0.2, 0.25) is 0 Å². The molecule has 2 aromatic carbocycles. The number of carbonyl (C=O) groups excluding carboxylic acids is 1. The Morgan fingerprint density at radius 3 is 2.09 bits per heavy atom. The van der Waals surface area contributed by atoms with Crippen molar-refractivity contribution in [2.75, 3.05) is 0 Å². The summed E-state index contributed by atoms with van der Waals surface area (Å²) < 4.78 is 0. The van der Waals surface area contributed by atoms with Crippen molar-refractivity contribution in [3.8, 4) is 11.3 Å². The van der Waals surface area contributed by atoms with Crippen LogP contribution < -0.4 is 0 Å². The number of nitrogens with zero attached hydrogens (tertiary/aromatic N) is 1. The number of carbonyl (C=O) groups is 1. The fourth-order valence-electron chi connectivity index (χ4n) is 6.80. The zero-order valence-electron chi connectivity index (χ0n) is 26.1. The quantitative estimate of drug-likeness (QED) is 0.128. The molecule has 1 N–H and O–H groups in total. The molecule has 43 heavy (non-hydrogen) atoms. The fraction of sp³-hybridized carbons (Fsp3) is 0.487. The van der Waals surface area contributed by atoms with Crippen molar-refractivity contribution < 1.29 is 30.0 Å². The van der Waals surface area contributed by atoms with Crippen LogP contribution in [0.25, 0.3) is 34.2 Å². The molecule has 3 aromatic rings. The third-order valence-electron chi connectivity index (χ3n) is 9.61. The average Bonchev–Trinajstić information content (AvgIpc) is 3.33. The number of aromatic nitrogens is 1. The average molecular weight is 757 g/mol. The van der Waals surface area contributed by atoms with Crippen molar-refractivity contribution in [1.29, 1.82) is 0 Å². The van der Waals surface area contributed by atoms with E-state index in [0.717, 1.165) is 68.2 Å². The second kappa shape index (κ2) is 14.0. The summed E-state index contributed by atoms with van der Waals surface area (Å²) in [6.07, 6.45) is 16.3. The Balaban J connectivity index is 0.000000225. The molecule has 4 heteroatoms. The second-order valence-corrected chi connectivity index (χ2v) is 14.3. The van der Waals surface area contributed by atoms with Crippen LogP contribution in [0, 0.1) is 42.6 Å². The number of benzene rings is 2. The van der Waals surface area contributed by atoms with E-state index in [9.17, 15) is 9.90 Å². The molecule has 2 fully saturated rings. The third kappa shape index (κ3) is 8.34. The largest absolute Gasteiger partial charge is 0.512 e. The monoisotopic (exact) mass is 757 g/mol. The van der Waals surface area contributed by atoms with E-state index in [0.29, 0.717) is 16.6 Å². The van der Waals surface area contributed by atoms with Crippen LogP contribution in [0.3, 0.4) is 0 Å². The Bertz CT molecular complexity index is 1460. The number of ketones is 1. The van der Waals surface area contributed by atoms with Gasteiger partial charge in [-0.3, -0.25) is 4.79 Å². The SMILES string of the molecule is C.CC1(C)CCC(C(=O)C=C(O)C2CCC(C)(C)CC2)CC1.Cc1[c-]c(-c2ncc3c4c(cccc24)C=C3)cc(C)c1.[Ir]. The molecule has 0 unspecified atom stereocenters. The van der Waals surface area contributed by atoms with E-state index in [-0.39, 0.29) is 45.2 Å². The maximum absolute atomic E-state index is 12.4. The molecule has 1 heterocycles. The maximum atomic E-state index is 12.4. The molecule has 0 bridgehead atoms. The fourth-order valence-corrected chi connectivity index (χ4v) is 6.80. The number of rotatable bonds is 4. The van der Waals surface area contributed by atoms with Gasteiger partial charge in [-0.25, -0.2) is 0 Å². The van der Waals surface area contributed by atoms with E-state index in [4.69, 9.17) is 0 Å². The van der Waals surface area contributed by atoms with Crippen LogP contribution >= 0.6 is 0 Å². The standard InChI is InChI=1S/C19H14N.C19H32O2.CH4.Ir/c1-12-8-13(2)10-16(9-12)19-17-5-3-4-14-6-7-15(11-20-19)18(14)17;1-18(2)9-5-14(6-10-18)16(20)13-17(21)15-7-11-19(3,4)12-8-15;;/h3-9,11H,1-2H3;13-15,20H,5-12H2,1-4H3;1H4;/q-1;;;. The maximum Gasteiger partial charge on any atom is 0.162 e. The van der Waals surface area contributed by atoms with Gasteiger partial charge in [0.25, 0.3) is 0 Å². The summed E-state index contributed by atoms with van der Waals surface area (Å²) in [5.74, 6) is 0.857. The Morgan fingerprint density at radius 2 is 1.49 bits per heavy atom. The molecule has 2 saturated carbocycles. The van der Waals surface area contributed by atoms with Gasteiger partial charge in [0.05, 0.1) is 5.76 Å². The van der Waals surface area contributed by atoms with Crippen molar-refractivity contribution >= 4 is 28.7 Å². The van der Waals surface area contributed by atoms with E-state index in [2.05, 4.69) is 95.1 Å². The van der Waals surface area contributed by atoms with Gasteiger partial charge in [0.1, 0.15) is 0 Å². The molecule has 0 saturated heterocycles. The molecule has 3 aliphatic carbocycles. The third-order valence-corrected chi connectivity index (χ3v) is 9.61. The van der Waals surface area contributed by atoms with Crippen LogP contribution in [-0.2, 0) is 24.9 Å². The van der Waals surface area contributed by atoms with Crippen LogP contribution in [0.15, 0.2) is 48.4 Å². The van der Waals surface area contributed by atoms with Crippen LogP contribution in [0.1, 0.15) is 109 Å². The summed E-state index contributed by atoms with van der Waals surface area (Å²) in [5, 5.41) is 12.8. The number of aryl methyl sites for hydroxylation is 2. The van der Waals surface area contributed by atoms with Crippen molar-refractivity contribution in [3.05, 3.63) is 76.7 Å². The Labute approximate surface area is 273 Å². The van der Waals surface area contributed by atoms with Gasteiger partial charge in [-0.2, -0.15) is 0 Å². The summed E-state index contributed by atoms with van der Waals surface area (Å²) in [6.45, 7) is 13.3. The number of pyridine rings is 1. The van der Waals surface area contributed by atoms with Crippen molar-refractivity contribution in [2.24, 2.45) is 22.7 Å². The molecule has 0 aliphatic heterocycles. The van der Waals surface area contributed by atoms with Gasteiger partial charge in [-0.1, -0.05) is 79.3 Å². The minimum atomic E-state index is 0. The van der Waals surface area contributed by atoms with Gasteiger partial charge in [-0.05, 0) is 89.8 Å². The summed E-state index contributed by atoms with van der Waals surface area (Å²) >= 11 is 0. The van der Waals surface area contributed by atoms with E-state index in [1.165, 1.54) is 27.5 Å². The topological polar surface area (TPSA) is 50.2 Å². The first-order chi connectivity index (χ1) is 19.4. The number of aliphatic hydroxyl groups excluding tert-OH is 1. The van der Waals surface area contributed by atoms with Gasteiger partial charge in [0.15, 0.2) is 5.78 Å². The smallest absolute Gasteiger partial charge is 0.162 e. The molecule has 1 aromatic heterocycles. The molecular formula is C39H50IrNO2-. The first-order valence-electron chi connectivity index (χ1n) is 15.5. The molecule has 0 amide bonds. The number of hydrogen-bond acceptors (Lipinski definition) is 3. The number of allylic oxidation sites excluding steroid dienone is 2. The number of hydrogen-bond donors (Lipinski definition) is 1. The number of aliphatic hydroxyl groups is 1. The van der Waals surface area contributed by atoms with Gasteiger partial charge >= 0.3 is 0 Å². The van der Waals surface area contributed by atoms with Crippen molar-refractivity contribution in [3.63, 3.8) is 0 Å². The molecule has 233 valence electrons. The molecule has 0 atom stereocenters. The Hall–Kier alpha value is -2.55. The molecule has 0 spiro atoms. The second-order valence-electron chi connectivity index (χ2n) is 14.3. The predicted octanol–water partition coefficient (Wildman–Crippen LogP) is 10.9. The van der Waals surface area contributed by atoms with Crippen LogP contribution in [0.5, 0.6) is 0 Å². The molecule has 3 aliphatic rings. The van der Waals surface area contributed by atoms with Gasteiger partial charge in [-0.15, -0.1) is 34.9 Å². The zero-order chi connectivity index (χ0) is 29.4. The molecule has 1 radical (unpaired) electrons. The Kier molecular flexibility index (Phi) is 11.4. The van der Waals surface area contributed by atoms with Crippen LogP contribution in [-0.4, -0.2) is 15.9 Å². The zero-order valence-corrected chi connectivity index (χ0v) is 28.5. The van der Waals surface area contributed by atoms with Gasteiger partial charge in [0, 0.05) is 44.2 Å². The van der Waals surface area contributed by atoms with Gasteiger partial charge < -0.3 is 10.1 Å². The predicted molar refractivity (Wildman–Crippen MR) is 178 cm³/mol. The first kappa shape index (κ1) is 34.9. The summed E-state index contributed by atoms with van der Waals surface area (Å²) in [7, 11) is 0. The van der Waals surface area contributed by atoms with Crippen molar-refractivity contribution in [2.45, 2.75) is 100 Å². The van der Waals surface area contributed by atoms with E-state index in [1.807, 2.05) is 6.20 Å². The van der Waals surface area contributed by atoms with E-state index < -0.39 is 0 Å².